The fourth-order valence-electron chi connectivity index (χ4n) is 2.50. The van der Waals surface area contributed by atoms with E-state index in [4.69, 9.17) is 0 Å². The predicted octanol–water partition coefficient (Wildman–Crippen LogP) is 0.0982. The molecule has 0 aromatic carbocycles. The van der Waals surface area contributed by atoms with Gasteiger partial charge < -0.3 is 20.1 Å². The Hall–Kier alpha value is -1.73. The molecule has 0 aliphatic carbocycles. The molecule has 0 aliphatic rings. The molecule has 6 nitrogen and oxygen atoms in total. The molecule has 0 saturated heterocycles. The Morgan fingerprint density at radius 3 is 1.15 bits per heavy atom. The van der Waals surface area contributed by atoms with Gasteiger partial charge in [-0.3, -0.25) is 9.97 Å². The highest BCUT2D eigenvalue weighted by atomic mass is 16.4. The first kappa shape index (κ1) is 20.6. The normalized spacial score (nSPS) is 12.2. The highest BCUT2D eigenvalue weighted by Gasteiger charge is 2.25. The van der Waals surface area contributed by atoms with E-state index < -0.39 is 14.2 Å². The summed E-state index contributed by atoms with van der Waals surface area (Å²) in [6, 6.07) is 7.00. The third-order valence-electron chi connectivity index (χ3n) is 4.21. The van der Waals surface area contributed by atoms with E-state index in [1.54, 1.807) is 12.1 Å². The molecule has 0 unspecified atom stereocenters. The summed E-state index contributed by atoms with van der Waals surface area (Å²) < 4.78 is 0. The summed E-state index contributed by atoms with van der Waals surface area (Å²) in [6.07, 6.45) is 0. The van der Waals surface area contributed by atoms with Crippen LogP contribution in [0.5, 0.6) is 0 Å². The van der Waals surface area contributed by atoms with Gasteiger partial charge in [-0.25, -0.2) is 0 Å². The first-order chi connectivity index (χ1) is 11.8. The van der Waals surface area contributed by atoms with Crippen LogP contribution in [0.1, 0.15) is 52.7 Å². The van der Waals surface area contributed by atoms with Gasteiger partial charge in [0.2, 0.25) is 0 Å². The van der Waals surface area contributed by atoms with Crippen LogP contribution < -0.4 is 11.2 Å². The molecular formula is C18H26B2N2O4. The lowest BCUT2D eigenvalue weighted by Crippen LogP contribution is -2.36. The summed E-state index contributed by atoms with van der Waals surface area (Å²) in [6.45, 7) is 12.1. The predicted molar refractivity (Wildman–Crippen MR) is 105 cm³/mol. The van der Waals surface area contributed by atoms with E-state index in [-0.39, 0.29) is 22.0 Å². The van der Waals surface area contributed by atoms with Crippen molar-refractivity contribution in [3.8, 4) is 11.4 Å². The summed E-state index contributed by atoms with van der Waals surface area (Å²) in [4.78, 5) is 8.63. The van der Waals surface area contributed by atoms with Crippen LogP contribution in [0.3, 0.4) is 0 Å². The van der Waals surface area contributed by atoms with Gasteiger partial charge in [-0.15, -0.1) is 0 Å². The first-order valence-electron chi connectivity index (χ1n) is 8.56. The lowest BCUT2D eigenvalue weighted by atomic mass is 9.78. The van der Waals surface area contributed by atoms with Crippen LogP contribution in [-0.2, 0) is 10.8 Å². The Labute approximate surface area is 155 Å². The third kappa shape index (κ3) is 4.71. The molecule has 0 atom stereocenters. The van der Waals surface area contributed by atoms with Crippen molar-refractivity contribution in [3.05, 3.63) is 35.4 Å². The van der Waals surface area contributed by atoms with E-state index >= 15 is 0 Å². The molecule has 26 heavy (non-hydrogen) atoms. The fourth-order valence-corrected chi connectivity index (χ4v) is 2.50. The molecule has 138 valence electrons. The third-order valence-corrected chi connectivity index (χ3v) is 4.21. The highest BCUT2D eigenvalue weighted by molar-refractivity contribution is 6.58. The van der Waals surface area contributed by atoms with Crippen molar-refractivity contribution in [2.24, 2.45) is 0 Å². The average Bonchev–Trinajstić information content (AvgIpc) is 2.52. The van der Waals surface area contributed by atoms with Crippen LogP contribution in [-0.4, -0.2) is 44.3 Å². The molecule has 4 N–H and O–H groups in total. The number of hydrogen-bond acceptors (Lipinski definition) is 6. The van der Waals surface area contributed by atoms with E-state index in [1.807, 2.05) is 53.7 Å². The van der Waals surface area contributed by atoms with Crippen LogP contribution >= 0.6 is 0 Å². The lowest BCUT2D eigenvalue weighted by Gasteiger charge is -2.23. The van der Waals surface area contributed by atoms with Gasteiger partial charge in [-0.05, 0) is 46.2 Å². The Morgan fingerprint density at radius 2 is 0.923 bits per heavy atom. The monoisotopic (exact) mass is 356 g/mol. The zero-order valence-corrected chi connectivity index (χ0v) is 16.1. The van der Waals surface area contributed by atoms with Crippen LogP contribution in [0.25, 0.3) is 11.4 Å². The van der Waals surface area contributed by atoms with Crippen molar-refractivity contribution in [3.63, 3.8) is 0 Å². The second-order valence-corrected chi connectivity index (χ2v) is 8.58. The molecule has 2 aromatic rings. The SMILES string of the molecule is CC(C)(C)c1cc(B(O)O)nc(-c2cc(C(C)(C)C)cc(B(O)O)n2)c1. The van der Waals surface area contributed by atoms with E-state index in [9.17, 15) is 20.1 Å². The van der Waals surface area contributed by atoms with Gasteiger partial charge in [0.05, 0.1) is 22.6 Å². The minimum atomic E-state index is -1.70. The molecular weight excluding hydrogens is 330 g/mol. The maximum Gasteiger partial charge on any atom is 0.508 e. The van der Waals surface area contributed by atoms with E-state index in [0.29, 0.717) is 11.4 Å². The standard InChI is InChI=1S/C18H26B2N2O4/c1-17(2,3)11-7-13(21-15(9-11)19(23)24)14-8-12(18(4,5)6)10-16(22-14)20(25)26/h7-10,23-26H,1-6H3. The Kier molecular flexibility index (Phi) is 5.63. The molecule has 0 fully saturated rings. The number of hydrogen-bond donors (Lipinski definition) is 4. The fraction of sp³-hybridized carbons (Fsp3) is 0.444. The Bertz CT molecular complexity index is 729. The molecule has 2 rings (SSSR count). The van der Waals surface area contributed by atoms with E-state index in [0.717, 1.165) is 11.1 Å². The molecule has 0 bridgehead atoms. The molecule has 0 spiro atoms. The quantitative estimate of drug-likeness (QED) is 0.582. The van der Waals surface area contributed by atoms with Crippen molar-refractivity contribution in [2.45, 2.75) is 52.4 Å². The van der Waals surface area contributed by atoms with E-state index in [1.165, 1.54) is 0 Å². The maximum absolute atomic E-state index is 9.60. The van der Waals surface area contributed by atoms with Gasteiger partial charge in [-0.2, -0.15) is 0 Å². The number of aromatic nitrogens is 2. The van der Waals surface area contributed by atoms with Crippen molar-refractivity contribution < 1.29 is 20.1 Å². The van der Waals surface area contributed by atoms with Crippen LogP contribution in [0.4, 0.5) is 0 Å². The van der Waals surface area contributed by atoms with Gasteiger partial charge in [0.15, 0.2) is 0 Å². The van der Waals surface area contributed by atoms with Crippen molar-refractivity contribution in [2.75, 3.05) is 0 Å². The Morgan fingerprint density at radius 1 is 0.615 bits per heavy atom. The van der Waals surface area contributed by atoms with Crippen molar-refractivity contribution in [1.29, 1.82) is 0 Å². The molecule has 0 aliphatic heterocycles. The topological polar surface area (TPSA) is 107 Å². The molecule has 0 amide bonds. The number of rotatable bonds is 3. The summed E-state index contributed by atoms with van der Waals surface area (Å²) in [5, 5.41) is 38.4. The molecule has 0 saturated carbocycles. The zero-order valence-electron chi connectivity index (χ0n) is 16.1. The minimum Gasteiger partial charge on any atom is -0.422 e. The number of nitrogens with zero attached hydrogens (tertiary/aromatic N) is 2. The van der Waals surface area contributed by atoms with Crippen LogP contribution in [0, 0.1) is 0 Å². The maximum atomic E-state index is 9.60. The second kappa shape index (κ2) is 7.12. The minimum absolute atomic E-state index is 0.126. The highest BCUT2D eigenvalue weighted by Crippen LogP contribution is 2.27. The van der Waals surface area contributed by atoms with E-state index in [2.05, 4.69) is 9.97 Å². The molecule has 8 heteroatoms. The van der Waals surface area contributed by atoms with Gasteiger partial charge in [-0.1, -0.05) is 41.5 Å². The first-order valence-corrected chi connectivity index (χ1v) is 8.56. The summed E-state index contributed by atoms with van der Waals surface area (Å²) >= 11 is 0. The van der Waals surface area contributed by atoms with Crippen molar-refractivity contribution >= 4 is 25.4 Å². The molecule has 2 aromatic heterocycles. The largest absolute Gasteiger partial charge is 0.508 e. The zero-order chi connectivity index (χ0) is 19.9. The van der Waals surface area contributed by atoms with Gasteiger partial charge in [0.25, 0.3) is 0 Å². The summed E-state index contributed by atoms with van der Waals surface area (Å²) in [5.41, 5.74) is 2.44. The van der Waals surface area contributed by atoms with Crippen molar-refractivity contribution in [1.82, 2.24) is 9.97 Å². The van der Waals surface area contributed by atoms with Gasteiger partial charge in [0, 0.05) is 0 Å². The van der Waals surface area contributed by atoms with Gasteiger partial charge in [0.1, 0.15) is 0 Å². The number of pyridine rings is 2. The van der Waals surface area contributed by atoms with Gasteiger partial charge >= 0.3 is 14.2 Å². The summed E-state index contributed by atoms with van der Waals surface area (Å²) in [5.74, 6) is 0. The summed E-state index contributed by atoms with van der Waals surface area (Å²) in [7, 11) is -3.41. The smallest absolute Gasteiger partial charge is 0.422 e. The second-order valence-electron chi connectivity index (χ2n) is 8.58. The van der Waals surface area contributed by atoms with Crippen LogP contribution in [0.2, 0.25) is 0 Å². The molecule has 2 heterocycles. The lowest BCUT2D eigenvalue weighted by molar-refractivity contribution is 0.422. The Balaban J connectivity index is 2.74. The molecule has 0 radical (unpaired) electrons. The van der Waals surface area contributed by atoms with Crippen LogP contribution in [0.15, 0.2) is 24.3 Å². The average molecular weight is 356 g/mol.